The van der Waals surface area contributed by atoms with Crippen LogP contribution in [0.15, 0.2) is 47.4 Å². The van der Waals surface area contributed by atoms with Gasteiger partial charge in [0.1, 0.15) is 6.61 Å². The highest BCUT2D eigenvalue weighted by atomic mass is 35.5. The number of hydrogen-bond acceptors (Lipinski definition) is 5. The van der Waals surface area contributed by atoms with Crippen LogP contribution in [0.1, 0.15) is 17.9 Å². The van der Waals surface area contributed by atoms with Crippen LogP contribution in [0, 0.1) is 0 Å². The molecule has 2 aromatic rings. The zero-order chi connectivity index (χ0) is 24.0. The van der Waals surface area contributed by atoms with Crippen LogP contribution in [0.3, 0.4) is 0 Å². The minimum Gasteiger partial charge on any atom is -0.366 e. The number of amides is 3. The molecule has 0 aliphatic carbocycles. The minimum absolute atomic E-state index is 0.00360. The molecule has 0 saturated carbocycles. The summed E-state index contributed by atoms with van der Waals surface area (Å²) in [7, 11) is -3.31. The molecule has 1 N–H and O–H groups in total. The topological polar surface area (TPSA) is 96.0 Å². The first-order chi connectivity index (χ1) is 16.2. The number of morpholine rings is 1. The fraction of sp³-hybridized carbons (Fsp3) is 0.417. The third-order valence-electron chi connectivity index (χ3n) is 6.81. The van der Waals surface area contributed by atoms with Crippen molar-refractivity contribution in [2.45, 2.75) is 29.4 Å². The van der Waals surface area contributed by atoms with Gasteiger partial charge in [-0.2, -0.15) is 0 Å². The highest BCUT2D eigenvalue weighted by Crippen LogP contribution is 2.33. The molecule has 0 aromatic heterocycles. The maximum atomic E-state index is 12.9. The van der Waals surface area contributed by atoms with Crippen molar-refractivity contribution in [1.82, 2.24) is 15.1 Å². The quantitative estimate of drug-likeness (QED) is 0.694. The Bertz CT molecular complexity index is 1230. The lowest BCUT2D eigenvalue weighted by Gasteiger charge is -2.46. The smallest absolute Gasteiger partial charge is 0.320 e. The number of urea groups is 1. The fourth-order valence-electron chi connectivity index (χ4n) is 4.81. The van der Waals surface area contributed by atoms with E-state index in [9.17, 15) is 18.0 Å². The number of piperidine rings is 1. The van der Waals surface area contributed by atoms with Crippen molar-refractivity contribution in [2.24, 2.45) is 0 Å². The van der Waals surface area contributed by atoms with Crippen LogP contribution >= 0.6 is 11.6 Å². The number of sulfone groups is 1. The Morgan fingerprint density at radius 3 is 2.50 bits per heavy atom. The molecule has 10 heteroatoms. The van der Waals surface area contributed by atoms with Gasteiger partial charge in [-0.05, 0) is 29.7 Å². The largest absolute Gasteiger partial charge is 0.366 e. The summed E-state index contributed by atoms with van der Waals surface area (Å²) < 4.78 is 29.0. The van der Waals surface area contributed by atoms with Gasteiger partial charge in [-0.15, -0.1) is 0 Å². The molecule has 3 aliphatic rings. The SMILES string of the molecule is CS(=O)(=O)c1ccc(-c2ccc(C3CN(C(=O)N4CCC5OCC(=O)NC5C4)C3)cc2)c(Cl)c1. The van der Waals surface area contributed by atoms with Gasteiger partial charge in [0.25, 0.3) is 0 Å². The number of carbonyl (C=O) groups is 2. The first kappa shape index (κ1) is 23.1. The molecule has 5 rings (SSSR count). The van der Waals surface area contributed by atoms with E-state index in [1.165, 1.54) is 6.07 Å². The first-order valence-electron chi connectivity index (χ1n) is 11.2. The number of nitrogens with zero attached hydrogens (tertiary/aromatic N) is 2. The van der Waals surface area contributed by atoms with E-state index in [1.807, 2.05) is 29.2 Å². The van der Waals surface area contributed by atoms with Crippen LogP contribution < -0.4 is 5.32 Å². The molecular formula is C24H26ClN3O5S. The van der Waals surface area contributed by atoms with E-state index in [0.717, 1.165) is 29.4 Å². The van der Waals surface area contributed by atoms with Crippen molar-refractivity contribution in [3.8, 4) is 11.1 Å². The molecule has 2 aromatic carbocycles. The lowest BCUT2D eigenvalue weighted by Crippen LogP contribution is -2.63. The van der Waals surface area contributed by atoms with Crippen LogP contribution in [0.5, 0.6) is 0 Å². The van der Waals surface area contributed by atoms with Crippen LogP contribution in [0.2, 0.25) is 5.02 Å². The third kappa shape index (κ3) is 4.52. The molecule has 2 atom stereocenters. The van der Waals surface area contributed by atoms with E-state index < -0.39 is 9.84 Å². The molecule has 0 spiro atoms. The number of rotatable bonds is 3. The van der Waals surface area contributed by atoms with Crippen LogP contribution in [0.25, 0.3) is 11.1 Å². The average Bonchev–Trinajstić information content (AvgIpc) is 2.77. The van der Waals surface area contributed by atoms with Crippen molar-refractivity contribution in [3.63, 3.8) is 0 Å². The Morgan fingerprint density at radius 1 is 1.09 bits per heavy atom. The number of ether oxygens (including phenoxy) is 1. The molecule has 0 radical (unpaired) electrons. The summed E-state index contributed by atoms with van der Waals surface area (Å²) in [6, 6.07) is 12.6. The van der Waals surface area contributed by atoms with E-state index >= 15 is 0 Å². The predicted octanol–water partition coefficient (Wildman–Crippen LogP) is 2.52. The molecule has 3 heterocycles. The van der Waals surface area contributed by atoms with Crippen molar-refractivity contribution in [1.29, 1.82) is 0 Å². The number of likely N-dealkylation sites (tertiary alicyclic amines) is 2. The zero-order valence-electron chi connectivity index (χ0n) is 18.7. The van der Waals surface area contributed by atoms with Gasteiger partial charge in [0.05, 0.1) is 17.0 Å². The third-order valence-corrected chi connectivity index (χ3v) is 8.23. The highest BCUT2D eigenvalue weighted by Gasteiger charge is 2.40. The Hall–Kier alpha value is -2.62. The summed E-state index contributed by atoms with van der Waals surface area (Å²) in [5.41, 5.74) is 2.82. The zero-order valence-corrected chi connectivity index (χ0v) is 20.3. The summed E-state index contributed by atoms with van der Waals surface area (Å²) in [4.78, 5) is 28.4. The molecule has 0 bridgehead atoms. The summed E-state index contributed by atoms with van der Waals surface area (Å²) in [6.45, 7) is 2.50. The van der Waals surface area contributed by atoms with Crippen LogP contribution in [-0.4, -0.2) is 81.3 Å². The predicted molar refractivity (Wildman–Crippen MR) is 128 cm³/mol. The number of hydrogen-bond donors (Lipinski definition) is 1. The lowest BCUT2D eigenvalue weighted by molar-refractivity contribution is -0.139. The standard InChI is InChI=1S/C24H26ClN3O5S/c1-34(31,32)18-6-7-19(20(25)10-18)16-4-2-15(3-5-16)17-11-28(12-17)24(30)27-9-8-22-21(13-27)26-23(29)14-33-22/h2-7,10,17,21-22H,8-9,11-14H2,1H3,(H,26,29). The van der Waals surface area contributed by atoms with Gasteiger partial charge in [0.2, 0.25) is 5.91 Å². The Balaban J connectivity index is 1.19. The maximum Gasteiger partial charge on any atom is 0.320 e. The molecular weight excluding hydrogens is 478 g/mol. The Labute approximate surface area is 203 Å². The van der Waals surface area contributed by atoms with Crippen LogP contribution in [0.4, 0.5) is 4.79 Å². The average molecular weight is 504 g/mol. The second kappa shape index (κ2) is 8.87. The number of fused-ring (bicyclic) bond motifs is 1. The van der Waals surface area contributed by atoms with E-state index in [-0.39, 0.29) is 41.5 Å². The van der Waals surface area contributed by atoms with Gasteiger partial charge in [0.15, 0.2) is 9.84 Å². The molecule has 2 unspecified atom stereocenters. The normalized spacial score (nSPS) is 23.2. The summed E-state index contributed by atoms with van der Waals surface area (Å²) in [6.07, 6.45) is 1.87. The van der Waals surface area contributed by atoms with E-state index in [2.05, 4.69) is 5.32 Å². The molecule has 3 fully saturated rings. The minimum atomic E-state index is -3.31. The lowest BCUT2D eigenvalue weighted by atomic mass is 9.90. The number of halogens is 1. The maximum absolute atomic E-state index is 12.9. The number of benzene rings is 2. The van der Waals surface area contributed by atoms with Gasteiger partial charge < -0.3 is 19.9 Å². The highest BCUT2D eigenvalue weighted by molar-refractivity contribution is 7.90. The van der Waals surface area contributed by atoms with Crippen molar-refractivity contribution in [3.05, 3.63) is 53.1 Å². The molecule has 3 saturated heterocycles. The Morgan fingerprint density at radius 2 is 1.82 bits per heavy atom. The van der Waals surface area contributed by atoms with Gasteiger partial charge in [-0.3, -0.25) is 4.79 Å². The second-order valence-electron chi connectivity index (χ2n) is 9.18. The molecule has 8 nitrogen and oxygen atoms in total. The van der Waals surface area contributed by atoms with Gasteiger partial charge in [-0.1, -0.05) is 41.9 Å². The molecule has 34 heavy (non-hydrogen) atoms. The van der Waals surface area contributed by atoms with E-state index in [4.69, 9.17) is 16.3 Å². The monoisotopic (exact) mass is 503 g/mol. The van der Waals surface area contributed by atoms with Crippen molar-refractivity contribution in [2.75, 3.05) is 39.0 Å². The molecule has 3 amide bonds. The van der Waals surface area contributed by atoms with Gasteiger partial charge >= 0.3 is 6.03 Å². The van der Waals surface area contributed by atoms with E-state index in [0.29, 0.717) is 31.2 Å². The van der Waals surface area contributed by atoms with Crippen LogP contribution in [-0.2, 0) is 19.4 Å². The summed E-state index contributed by atoms with van der Waals surface area (Å²) >= 11 is 6.34. The fourth-order valence-corrected chi connectivity index (χ4v) is 5.82. The van der Waals surface area contributed by atoms with Crippen molar-refractivity contribution < 1.29 is 22.7 Å². The molecule has 180 valence electrons. The van der Waals surface area contributed by atoms with Crippen molar-refractivity contribution >= 4 is 33.4 Å². The number of carbonyl (C=O) groups excluding carboxylic acids is 2. The Kier molecular flexibility index (Phi) is 6.03. The van der Waals surface area contributed by atoms with Gasteiger partial charge in [0, 0.05) is 48.9 Å². The van der Waals surface area contributed by atoms with E-state index in [1.54, 1.807) is 17.0 Å². The second-order valence-corrected chi connectivity index (χ2v) is 11.6. The summed E-state index contributed by atoms with van der Waals surface area (Å²) in [5.74, 6) is 0.131. The first-order valence-corrected chi connectivity index (χ1v) is 13.5. The van der Waals surface area contributed by atoms with Gasteiger partial charge in [-0.25, -0.2) is 13.2 Å². The molecule has 3 aliphatic heterocycles. The summed E-state index contributed by atoms with van der Waals surface area (Å²) in [5, 5.41) is 3.32. The number of nitrogens with one attached hydrogen (secondary N) is 1.